The molecule has 22 heavy (non-hydrogen) atoms. The zero-order valence-electron chi connectivity index (χ0n) is 12.8. The Balaban J connectivity index is 1.67. The van der Waals surface area contributed by atoms with Crippen molar-refractivity contribution in [2.75, 3.05) is 13.2 Å². The molecule has 3 aliphatic rings. The Hall–Kier alpha value is -2.09. The van der Waals surface area contributed by atoms with Crippen LogP contribution in [0.4, 0.5) is 0 Å². The number of nitrogens with one attached hydrogen (secondary N) is 3. The van der Waals surface area contributed by atoms with E-state index in [-0.39, 0.29) is 24.3 Å². The number of amides is 2. The lowest BCUT2D eigenvalue weighted by Crippen LogP contribution is -2.62. The first-order chi connectivity index (χ1) is 10.5. The zero-order chi connectivity index (χ0) is 15.7. The van der Waals surface area contributed by atoms with Crippen LogP contribution in [0, 0.1) is 0 Å². The number of carbonyl (C=O) groups excluding carboxylic acids is 2. The monoisotopic (exact) mass is 307 g/mol. The van der Waals surface area contributed by atoms with Crippen molar-refractivity contribution in [3.05, 3.63) is 11.4 Å². The summed E-state index contributed by atoms with van der Waals surface area (Å²) in [5, 5.41) is 7.18. The molecule has 3 N–H and O–H groups in total. The van der Waals surface area contributed by atoms with Crippen LogP contribution < -0.4 is 16.1 Å². The van der Waals surface area contributed by atoms with Crippen molar-refractivity contribution >= 4 is 17.8 Å². The van der Waals surface area contributed by atoms with Crippen molar-refractivity contribution in [3.63, 3.8) is 0 Å². The van der Waals surface area contributed by atoms with E-state index in [0.29, 0.717) is 18.3 Å². The molecule has 0 spiro atoms. The molecule has 120 valence electrons. The maximum Gasteiger partial charge on any atom is 0.245 e. The lowest BCUT2D eigenvalue weighted by Gasteiger charge is -2.32. The summed E-state index contributed by atoms with van der Waals surface area (Å²) in [5.41, 5.74) is 4.06. The second-order valence-corrected chi connectivity index (χ2v) is 5.91. The summed E-state index contributed by atoms with van der Waals surface area (Å²) >= 11 is 0. The fourth-order valence-electron chi connectivity index (χ4n) is 2.68. The van der Waals surface area contributed by atoms with E-state index in [4.69, 9.17) is 4.74 Å². The van der Waals surface area contributed by atoms with Gasteiger partial charge in [-0.25, -0.2) is 5.01 Å². The van der Waals surface area contributed by atoms with Gasteiger partial charge in [0.05, 0.1) is 12.5 Å². The summed E-state index contributed by atoms with van der Waals surface area (Å²) in [6.07, 6.45) is 2.16. The molecule has 2 amide bonds. The molecular formula is C14H21N5O3. The molecule has 3 heterocycles. The third-order valence-corrected chi connectivity index (χ3v) is 3.92. The molecule has 2 atom stereocenters. The van der Waals surface area contributed by atoms with E-state index >= 15 is 0 Å². The summed E-state index contributed by atoms with van der Waals surface area (Å²) in [4.78, 5) is 28.5. The van der Waals surface area contributed by atoms with Crippen LogP contribution in [-0.4, -0.2) is 48.1 Å². The highest BCUT2D eigenvalue weighted by atomic mass is 16.5. The molecule has 0 aromatic carbocycles. The van der Waals surface area contributed by atoms with Gasteiger partial charge in [-0.2, -0.15) is 4.99 Å². The third-order valence-electron chi connectivity index (χ3n) is 3.92. The summed E-state index contributed by atoms with van der Waals surface area (Å²) < 4.78 is 5.49. The van der Waals surface area contributed by atoms with E-state index < -0.39 is 6.04 Å². The predicted octanol–water partition coefficient (Wildman–Crippen LogP) is -0.402. The van der Waals surface area contributed by atoms with Crippen LogP contribution in [-0.2, 0) is 14.3 Å². The van der Waals surface area contributed by atoms with E-state index in [0.717, 1.165) is 25.0 Å². The maximum absolute atomic E-state index is 12.4. The number of nitrogens with zero attached hydrogens (tertiary/aromatic N) is 2. The van der Waals surface area contributed by atoms with Crippen LogP contribution in [0.15, 0.2) is 16.4 Å². The molecule has 0 bridgehead atoms. The molecule has 0 unspecified atom stereocenters. The van der Waals surface area contributed by atoms with Gasteiger partial charge >= 0.3 is 0 Å². The zero-order valence-corrected chi connectivity index (χ0v) is 12.8. The number of hydrogen-bond donors (Lipinski definition) is 3. The largest absolute Gasteiger partial charge is 0.376 e. The predicted molar refractivity (Wildman–Crippen MR) is 79.3 cm³/mol. The third kappa shape index (κ3) is 2.92. The lowest BCUT2D eigenvalue weighted by atomic mass is 10.1. The number of carbonyl (C=O) groups is 2. The number of rotatable bonds is 3. The summed E-state index contributed by atoms with van der Waals surface area (Å²) in [5.74, 6) is 0.642. The van der Waals surface area contributed by atoms with Gasteiger partial charge in [0.15, 0.2) is 0 Å². The summed E-state index contributed by atoms with van der Waals surface area (Å²) in [7, 11) is 0. The molecule has 8 nitrogen and oxygen atoms in total. The second-order valence-electron chi connectivity index (χ2n) is 5.91. The minimum Gasteiger partial charge on any atom is -0.376 e. The fourth-order valence-corrected chi connectivity index (χ4v) is 2.68. The molecule has 3 aliphatic heterocycles. The van der Waals surface area contributed by atoms with Crippen molar-refractivity contribution in [2.24, 2.45) is 4.99 Å². The SMILES string of the molecule is CC(C)=C1N=C2NC(=O)C[C@@H](C(=O)NC[C@H]3CCCO3)N2N1. The Bertz CT molecular complexity index is 547. The van der Waals surface area contributed by atoms with Gasteiger partial charge in [0.25, 0.3) is 0 Å². The van der Waals surface area contributed by atoms with Gasteiger partial charge in [-0.3, -0.25) is 20.3 Å². The van der Waals surface area contributed by atoms with Gasteiger partial charge in [-0.1, -0.05) is 0 Å². The number of hydrogen-bond acceptors (Lipinski definition) is 6. The van der Waals surface area contributed by atoms with Gasteiger partial charge < -0.3 is 10.1 Å². The molecule has 0 aromatic heterocycles. The minimum absolute atomic E-state index is 0.0781. The number of allylic oxidation sites excluding steroid dienone is 1. The highest BCUT2D eigenvalue weighted by molar-refractivity contribution is 6.05. The van der Waals surface area contributed by atoms with Crippen molar-refractivity contribution in [3.8, 4) is 0 Å². The van der Waals surface area contributed by atoms with E-state index in [1.165, 1.54) is 0 Å². The average molecular weight is 307 g/mol. The van der Waals surface area contributed by atoms with Crippen molar-refractivity contribution in [1.82, 2.24) is 21.1 Å². The van der Waals surface area contributed by atoms with Crippen LogP contribution in [0.1, 0.15) is 33.1 Å². The topological polar surface area (TPSA) is 95.1 Å². The smallest absolute Gasteiger partial charge is 0.245 e. The number of ether oxygens (including phenoxy) is 1. The standard InChI is InChI=1S/C14H21N5O3/c1-8(2)12-17-14-16-11(20)6-10(19(14)18-12)13(21)15-7-9-4-3-5-22-9/h9-10,18H,3-7H2,1-2H3,(H,15,21)(H,16,17,20)/t9-,10+/m1/s1. The van der Waals surface area contributed by atoms with Crippen LogP contribution >= 0.6 is 0 Å². The average Bonchev–Trinajstić information content (AvgIpc) is 3.12. The molecule has 2 saturated heterocycles. The molecule has 8 heteroatoms. The Labute approximate surface area is 128 Å². The maximum atomic E-state index is 12.4. The first kappa shape index (κ1) is 14.8. The molecule has 0 saturated carbocycles. The fraction of sp³-hybridized carbons (Fsp3) is 0.643. The van der Waals surface area contributed by atoms with Crippen molar-refractivity contribution in [2.45, 2.75) is 45.3 Å². The highest BCUT2D eigenvalue weighted by Crippen LogP contribution is 2.18. The van der Waals surface area contributed by atoms with Crippen LogP contribution in [0.2, 0.25) is 0 Å². The normalized spacial score (nSPS) is 27.0. The summed E-state index contributed by atoms with van der Waals surface area (Å²) in [6.45, 7) is 5.06. The second kappa shape index (κ2) is 5.96. The van der Waals surface area contributed by atoms with E-state index in [9.17, 15) is 9.59 Å². The van der Waals surface area contributed by atoms with Gasteiger partial charge in [0, 0.05) is 13.2 Å². The van der Waals surface area contributed by atoms with Crippen LogP contribution in [0.3, 0.4) is 0 Å². The molecular weight excluding hydrogens is 286 g/mol. The van der Waals surface area contributed by atoms with Crippen molar-refractivity contribution in [1.29, 1.82) is 0 Å². The Morgan fingerprint density at radius 2 is 2.32 bits per heavy atom. The van der Waals surface area contributed by atoms with Gasteiger partial charge in [-0.15, -0.1) is 0 Å². The molecule has 0 aliphatic carbocycles. The Kier molecular flexibility index (Phi) is 4.02. The molecule has 2 fully saturated rings. The molecule has 0 radical (unpaired) electrons. The van der Waals surface area contributed by atoms with E-state index in [1.807, 2.05) is 13.8 Å². The van der Waals surface area contributed by atoms with Gasteiger partial charge in [-0.05, 0) is 32.3 Å². The number of hydrazine groups is 1. The van der Waals surface area contributed by atoms with Gasteiger partial charge in [0.1, 0.15) is 11.9 Å². The first-order valence-electron chi connectivity index (χ1n) is 7.56. The minimum atomic E-state index is -0.606. The van der Waals surface area contributed by atoms with Crippen molar-refractivity contribution < 1.29 is 14.3 Å². The molecule has 3 rings (SSSR count). The Morgan fingerprint density at radius 3 is 3.00 bits per heavy atom. The van der Waals surface area contributed by atoms with Gasteiger partial charge in [0.2, 0.25) is 17.8 Å². The number of guanidine groups is 1. The number of fused-ring (bicyclic) bond motifs is 1. The van der Waals surface area contributed by atoms with Crippen LogP contribution in [0.5, 0.6) is 0 Å². The first-order valence-corrected chi connectivity index (χ1v) is 7.56. The van der Waals surface area contributed by atoms with E-state index in [2.05, 4.69) is 21.1 Å². The highest BCUT2D eigenvalue weighted by Gasteiger charge is 2.39. The van der Waals surface area contributed by atoms with E-state index in [1.54, 1.807) is 5.01 Å². The summed E-state index contributed by atoms with van der Waals surface area (Å²) in [6, 6.07) is -0.606. The number of aliphatic imine (C=N–C) groups is 1. The van der Waals surface area contributed by atoms with Crippen LogP contribution in [0.25, 0.3) is 0 Å². The Morgan fingerprint density at radius 1 is 1.50 bits per heavy atom. The lowest BCUT2D eigenvalue weighted by molar-refractivity contribution is -0.132. The molecule has 0 aromatic rings. The quantitative estimate of drug-likeness (QED) is 0.659.